The second-order valence-electron chi connectivity index (χ2n) is 7.80. The van der Waals surface area contributed by atoms with Gasteiger partial charge in [0.1, 0.15) is 17.3 Å². The summed E-state index contributed by atoms with van der Waals surface area (Å²) in [6, 6.07) is 5.24. The molecule has 0 aromatic carbocycles. The molecule has 4 N–H and O–H groups in total. The average Bonchev–Trinajstić information content (AvgIpc) is 3.33. The van der Waals surface area contributed by atoms with E-state index in [1.807, 2.05) is 17.0 Å². The number of carbonyl (C=O) groups excluding carboxylic acids is 1. The van der Waals surface area contributed by atoms with Crippen LogP contribution in [0.3, 0.4) is 0 Å². The number of hydrogen-bond acceptors (Lipinski definition) is 6. The van der Waals surface area contributed by atoms with Gasteiger partial charge in [0.2, 0.25) is 0 Å². The van der Waals surface area contributed by atoms with Crippen LogP contribution >= 0.6 is 0 Å². The fourth-order valence-corrected chi connectivity index (χ4v) is 4.61. The smallest absolute Gasteiger partial charge is 0.271 e. The van der Waals surface area contributed by atoms with E-state index in [1.54, 1.807) is 18.5 Å². The summed E-state index contributed by atoms with van der Waals surface area (Å²) in [6.07, 6.45) is 6.60. The number of likely N-dealkylation sites (tertiary alicyclic amines) is 1. The van der Waals surface area contributed by atoms with Gasteiger partial charge in [-0.05, 0) is 37.8 Å². The zero-order valence-electron chi connectivity index (χ0n) is 15.8. The lowest BCUT2D eigenvalue weighted by Gasteiger charge is -2.40. The quantitative estimate of drug-likeness (QED) is 0.602. The summed E-state index contributed by atoms with van der Waals surface area (Å²) < 4.78 is 0. The number of rotatable bonds is 2. The van der Waals surface area contributed by atoms with E-state index in [1.165, 1.54) is 0 Å². The third-order valence-electron chi connectivity index (χ3n) is 6.00. The van der Waals surface area contributed by atoms with Crippen molar-refractivity contribution in [2.24, 2.45) is 0 Å². The molecule has 0 bridgehead atoms. The molecule has 9 nitrogen and oxygen atoms in total. The number of nitrogens with zero attached hydrogens (tertiary/aromatic N) is 4. The van der Waals surface area contributed by atoms with Crippen LogP contribution in [0.1, 0.15) is 41.0 Å². The lowest BCUT2D eigenvalue weighted by Crippen LogP contribution is -2.48. The number of H-pyrrole nitrogens is 2. The van der Waals surface area contributed by atoms with Crippen molar-refractivity contribution in [3.8, 4) is 11.4 Å². The number of nitrogen functional groups attached to an aromatic ring is 1. The van der Waals surface area contributed by atoms with Crippen LogP contribution in [-0.4, -0.2) is 49.0 Å². The molecule has 2 aliphatic rings. The molecule has 3 aromatic heterocycles. The number of aromatic nitrogens is 5. The maximum atomic E-state index is 12.9. The largest absolute Gasteiger partial charge is 0.382 e. The molecule has 1 unspecified atom stereocenters. The highest BCUT2D eigenvalue weighted by Gasteiger charge is 2.46. The first-order valence-electron chi connectivity index (χ1n) is 9.70. The van der Waals surface area contributed by atoms with E-state index in [9.17, 15) is 9.59 Å². The van der Waals surface area contributed by atoms with Crippen molar-refractivity contribution in [2.45, 2.75) is 31.1 Å². The van der Waals surface area contributed by atoms with Crippen LogP contribution < -0.4 is 11.3 Å². The first-order chi connectivity index (χ1) is 14.1. The lowest BCUT2D eigenvalue weighted by molar-refractivity contribution is 0.0627. The van der Waals surface area contributed by atoms with Gasteiger partial charge in [0, 0.05) is 48.1 Å². The Morgan fingerprint density at radius 3 is 2.97 bits per heavy atom. The van der Waals surface area contributed by atoms with E-state index < -0.39 is 0 Å². The molecule has 1 fully saturated rings. The third kappa shape index (κ3) is 2.89. The molecule has 5 rings (SSSR count). The normalized spacial score (nSPS) is 20.8. The number of pyridine rings is 1. The topological polar surface area (TPSA) is 134 Å². The zero-order valence-corrected chi connectivity index (χ0v) is 15.8. The predicted molar refractivity (Wildman–Crippen MR) is 106 cm³/mol. The molecule has 0 saturated carbocycles. The van der Waals surface area contributed by atoms with Gasteiger partial charge in [0.05, 0.1) is 5.69 Å². The summed E-state index contributed by atoms with van der Waals surface area (Å²) in [6.45, 7) is 1.19. The van der Waals surface area contributed by atoms with Gasteiger partial charge in [-0.25, -0.2) is 4.98 Å². The first-order valence-corrected chi connectivity index (χ1v) is 9.70. The predicted octanol–water partition coefficient (Wildman–Crippen LogP) is 1.26. The Morgan fingerprint density at radius 1 is 1.31 bits per heavy atom. The first kappa shape index (κ1) is 17.6. The third-order valence-corrected chi connectivity index (χ3v) is 6.00. The Kier molecular flexibility index (Phi) is 3.97. The summed E-state index contributed by atoms with van der Waals surface area (Å²) in [5.41, 5.74) is 7.95. The molecular formula is C20H21N7O2. The van der Waals surface area contributed by atoms with Crippen LogP contribution in [0.25, 0.3) is 11.4 Å². The van der Waals surface area contributed by atoms with Crippen molar-refractivity contribution in [2.75, 3.05) is 18.8 Å². The molecule has 1 aliphatic carbocycles. The summed E-state index contributed by atoms with van der Waals surface area (Å²) in [5, 5.41) is 6.55. The zero-order chi connectivity index (χ0) is 20.0. The van der Waals surface area contributed by atoms with E-state index in [4.69, 9.17) is 10.7 Å². The molecule has 1 aliphatic heterocycles. The molecule has 0 radical (unpaired) electrons. The Labute approximate surface area is 166 Å². The van der Waals surface area contributed by atoms with Gasteiger partial charge in [0.15, 0.2) is 0 Å². The molecular weight excluding hydrogens is 370 g/mol. The molecule has 148 valence electrons. The Balaban J connectivity index is 1.52. The minimum absolute atomic E-state index is 0.101. The van der Waals surface area contributed by atoms with Gasteiger partial charge in [0.25, 0.3) is 11.5 Å². The van der Waals surface area contributed by atoms with Crippen molar-refractivity contribution in [3.05, 3.63) is 57.9 Å². The Morgan fingerprint density at radius 2 is 2.21 bits per heavy atom. The van der Waals surface area contributed by atoms with Crippen molar-refractivity contribution in [3.63, 3.8) is 0 Å². The van der Waals surface area contributed by atoms with Crippen LogP contribution in [-0.2, 0) is 11.8 Å². The number of hydrogen-bond donors (Lipinski definition) is 3. The van der Waals surface area contributed by atoms with E-state index in [2.05, 4.69) is 20.2 Å². The number of aromatic amines is 2. The van der Waals surface area contributed by atoms with Crippen LogP contribution in [0.15, 0.2) is 35.4 Å². The summed E-state index contributed by atoms with van der Waals surface area (Å²) >= 11 is 0. The second-order valence-corrected chi connectivity index (χ2v) is 7.80. The number of nitrogens with one attached hydrogen (secondary N) is 2. The Bertz CT molecular complexity index is 1140. The van der Waals surface area contributed by atoms with Crippen molar-refractivity contribution >= 4 is 11.7 Å². The highest BCUT2D eigenvalue weighted by molar-refractivity contribution is 5.93. The van der Waals surface area contributed by atoms with E-state index >= 15 is 0 Å². The molecule has 1 saturated heterocycles. The van der Waals surface area contributed by atoms with E-state index in [0.29, 0.717) is 36.8 Å². The lowest BCUT2D eigenvalue weighted by atomic mass is 9.77. The number of piperidine rings is 1. The number of nitrogens with two attached hydrogens (primary N) is 1. The van der Waals surface area contributed by atoms with Crippen molar-refractivity contribution in [1.82, 2.24) is 30.0 Å². The summed E-state index contributed by atoms with van der Waals surface area (Å²) in [4.78, 5) is 39.4. The fraction of sp³-hybridized carbons (Fsp3) is 0.350. The minimum Gasteiger partial charge on any atom is -0.382 e. The van der Waals surface area contributed by atoms with Crippen LogP contribution in [0.4, 0.5) is 5.82 Å². The number of carbonyl (C=O) groups is 1. The maximum absolute atomic E-state index is 12.9. The number of fused-ring (bicyclic) bond motifs is 2. The number of amides is 1. The highest BCUT2D eigenvalue weighted by atomic mass is 16.2. The summed E-state index contributed by atoms with van der Waals surface area (Å²) in [7, 11) is 0. The average molecular weight is 391 g/mol. The number of anilines is 1. The molecule has 3 aromatic rings. The van der Waals surface area contributed by atoms with Crippen molar-refractivity contribution in [1.29, 1.82) is 0 Å². The van der Waals surface area contributed by atoms with Crippen LogP contribution in [0, 0.1) is 0 Å². The van der Waals surface area contributed by atoms with Gasteiger partial charge in [-0.2, -0.15) is 5.10 Å². The SMILES string of the molecule is Nc1cc(C(=O)N2CCCC3(CCc4c3nc(-c3cccnc3)[nH]c4=O)C2)[nH]n1. The van der Waals surface area contributed by atoms with Gasteiger partial charge < -0.3 is 15.6 Å². The molecule has 29 heavy (non-hydrogen) atoms. The van der Waals surface area contributed by atoms with E-state index in [-0.39, 0.29) is 16.9 Å². The maximum Gasteiger partial charge on any atom is 0.271 e. The fourth-order valence-electron chi connectivity index (χ4n) is 4.61. The standard InChI is InChI=1S/C20H21N7O2/c21-15-9-14(25-26-15)19(29)27-8-2-5-20(11-27)6-4-13-16(20)23-17(24-18(13)28)12-3-1-7-22-10-12/h1,3,7,9-10H,2,4-6,8,11H2,(H3,21,25,26)(H,23,24,28). The molecule has 1 atom stereocenters. The van der Waals surface area contributed by atoms with Gasteiger partial charge in [-0.1, -0.05) is 0 Å². The van der Waals surface area contributed by atoms with E-state index in [0.717, 1.165) is 36.1 Å². The molecule has 1 spiro atoms. The van der Waals surface area contributed by atoms with Gasteiger partial charge in [-0.15, -0.1) is 0 Å². The van der Waals surface area contributed by atoms with Crippen molar-refractivity contribution < 1.29 is 4.79 Å². The second kappa shape index (κ2) is 6.54. The highest BCUT2D eigenvalue weighted by Crippen LogP contribution is 2.43. The monoisotopic (exact) mass is 391 g/mol. The summed E-state index contributed by atoms with van der Waals surface area (Å²) in [5.74, 6) is 0.688. The molecule has 4 heterocycles. The molecule has 1 amide bonds. The van der Waals surface area contributed by atoms with Gasteiger partial charge >= 0.3 is 0 Å². The van der Waals surface area contributed by atoms with Gasteiger partial charge in [-0.3, -0.25) is 19.7 Å². The minimum atomic E-state index is -0.306. The Hall–Kier alpha value is -3.49. The van der Waals surface area contributed by atoms with Crippen LogP contribution in [0.5, 0.6) is 0 Å². The van der Waals surface area contributed by atoms with Crippen LogP contribution in [0.2, 0.25) is 0 Å². The molecule has 9 heteroatoms.